The number of nitrogens with one attached hydrogen (secondary N) is 2. The predicted molar refractivity (Wildman–Crippen MR) is 83.9 cm³/mol. The molecule has 0 radical (unpaired) electrons. The van der Waals surface area contributed by atoms with Crippen molar-refractivity contribution in [2.24, 2.45) is 0 Å². The van der Waals surface area contributed by atoms with Crippen molar-refractivity contribution in [3.05, 3.63) is 44.8 Å². The molecule has 0 saturated carbocycles. The highest BCUT2D eigenvalue weighted by Crippen LogP contribution is 2.34. The van der Waals surface area contributed by atoms with Gasteiger partial charge in [-0.25, -0.2) is 4.98 Å². The molecule has 0 amide bonds. The minimum absolute atomic E-state index is 0.105. The fourth-order valence-corrected chi connectivity index (χ4v) is 2.32. The second-order valence-electron chi connectivity index (χ2n) is 4.12. The van der Waals surface area contributed by atoms with Crippen LogP contribution in [0.5, 0.6) is 0 Å². The largest absolute Gasteiger partial charge is 0.416 e. The van der Waals surface area contributed by atoms with Crippen LogP contribution in [-0.4, -0.2) is 12.0 Å². The summed E-state index contributed by atoms with van der Waals surface area (Å²) in [5, 5.41) is 5.49. The van der Waals surface area contributed by atoms with Crippen LogP contribution in [0.2, 0.25) is 0 Å². The summed E-state index contributed by atoms with van der Waals surface area (Å²) < 4.78 is 40.1. The van der Waals surface area contributed by atoms with Crippen LogP contribution < -0.4 is 10.6 Å². The van der Waals surface area contributed by atoms with Gasteiger partial charge in [-0.15, -0.1) is 0 Å². The van der Waals surface area contributed by atoms with E-state index in [0.29, 0.717) is 5.69 Å². The Kier molecular flexibility index (Phi) is 4.77. The zero-order valence-electron chi connectivity index (χ0n) is 10.7. The number of nitrogens with zero attached hydrogens (tertiary/aromatic N) is 1. The van der Waals surface area contributed by atoms with Crippen LogP contribution >= 0.6 is 31.9 Å². The van der Waals surface area contributed by atoms with E-state index in [0.717, 1.165) is 21.1 Å². The number of alkyl halides is 3. The zero-order valence-corrected chi connectivity index (χ0v) is 13.9. The normalized spacial score (nSPS) is 11.3. The molecule has 2 rings (SSSR count). The van der Waals surface area contributed by atoms with Crippen molar-refractivity contribution in [1.82, 2.24) is 4.98 Å². The maximum absolute atomic E-state index is 12.9. The number of rotatable bonds is 3. The van der Waals surface area contributed by atoms with Gasteiger partial charge in [-0.05, 0) is 46.3 Å². The first-order chi connectivity index (χ1) is 9.79. The Balaban J connectivity index is 2.42. The van der Waals surface area contributed by atoms with Gasteiger partial charge in [0.05, 0.1) is 11.3 Å². The van der Waals surface area contributed by atoms with Crippen molar-refractivity contribution in [1.29, 1.82) is 0 Å². The third kappa shape index (κ3) is 4.10. The fraction of sp³-hybridized carbons (Fsp3) is 0.154. The lowest BCUT2D eigenvalue weighted by Gasteiger charge is -2.13. The topological polar surface area (TPSA) is 37.0 Å². The molecule has 21 heavy (non-hydrogen) atoms. The number of benzene rings is 1. The van der Waals surface area contributed by atoms with E-state index < -0.39 is 11.7 Å². The average Bonchev–Trinajstić information content (AvgIpc) is 2.41. The summed E-state index contributed by atoms with van der Waals surface area (Å²) in [6.45, 7) is 0. The zero-order chi connectivity index (χ0) is 15.6. The van der Waals surface area contributed by atoms with Crippen molar-refractivity contribution in [3.63, 3.8) is 0 Å². The lowest BCUT2D eigenvalue weighted by molar-refractivity contribution is -0.137. The number of aromatic nitrogens is 1. The summed E-state index contributed by atoms with van der Waals surface area (Å²) in [6, 6.07) is 7.26. The van der Waals surface area contributed by atoms with Crippen molar-refractivity contribution >= 4 is 49.2 Å². The minimum Gasteiger partial charge on any atom is -0.373 e. The van der Waals surface area contributed by atoms with E-state index in [1.54, 1.807) is 12.1 Å². The Morgan fingerprint density at radius 3 is 2.33 bits per heavy atom. The smallest absolute Gasteiger partial charge is 0.373 e. The van der Waals surface area contributed by atoms with E-state index in [1.165, 1.54) is 7.05 Å². The first-order valence-electron chi connectivity index (χ1n) is 5.78. The van der Waals surface area contributed by atoms with Gasteiger partial charge in [0.1, 0.15) is 11.6 Å². The summed E-state index contributed by atoms with van der Waals surface area (Å²) in [5.41, 5.74) is -0.159. The lowest BCUT2D eigenvalue weighted by Crippen LogP contribution is -2.08. The molecular formula is C13H10Br2F3N3. The van der Waals surface area contributed by atoms with E-state index in [-0.39, 0.29) is 11.6 Å². The van der Waals surface area contributed by atoms with Crippen LogP contribution in [-0.2, 0) is 6.18 Å². The maximum Gasteiger partial charge on any atom is 0.416 e. The van der Waals surface area contributed by atoms with Gasteiger partial charge in [0, 0.05) is 16.0 Å². The molecule has 0 aliphatic carbocycles. The molecule has 112 valence electrons. The van der Waals surface area contributed by atoms with Gasteiger partial charge in [-0.2, -0.15) is 13.2 Å². The highest BCUT2D eigenvalue weighted by molar-refractivity contribution is 9.11. The van der Waals surface area contributed by atoms with Gasteiger partial charge < -0.3 is 10.6 Å². The van der Waals surface area contributed by atoms with Crippen molar-refractivity contribution < 1.29 is 13.2 Å². The molecule has 1 aromatic carbocycles. The van der Waals surface area contributed by atoms with E-state index >= 15 is 0 Å². The number of halogens is 5. The van der Waals surface area contributed by atoms with Crippen LogP contribution in [0.15, 0.2) is 39.3 Å². The number of hydrogen-bond acceptors (Lipinski definition) is 3. The Morgan fingerprint density at radius 2 is 1.71 bits per heavy atom. The molecular weight excluding hydrogens is 415 g/mol. The molecule has 1 heterocycles. The van der Waals surface area contributed by atoms with Crippen molar-refractivity contribution in [2.45, 2.75) is 6.18 Å². The van der Waals surface area contributed by atoms with Gasteiger partial charge in [-0.1, -0.05) is 15.9 Å². The Morgan fingerprint density at radius 1 is 1.05 bits per heavy atom. The van der Waals surface area contributed by atoms with Crippen LogP contribution in [0.1, 0.15) is 5.56 Å². The monoisotopic (exact) mass is 423 g/mol. The van der Waals surface area contributed by atoms with Gasteiger partial charge in [0.15, 0.2) is 0 Å². The van der Waals surface area contributed by atoms with E-state index in [1.807, 2.05) is 6.07 Å². The molecule has 0 spiro atoms. The summed E-state index contributed by atoms with van der Waals surface area (Å²) in [5.74, 6) is 0.242. The third-order valence-corrected chi connectivity index (χ3v) is 3.78. The number of anilines is 3. The molecule has 0 aliphatic rings. The van der Waals surface area contributed by atoms with E-state index in [9.17, 15) is 13.2 Å². The molecule has 1 aromatic heterocycles. The minimum atomic E-state index is -4.43. The van der Waals surface area contributed by atoms with Gasteiger partial charge >= 0.3 is 6.18 Å². The van der Waals surface area contributed by atoms with Crippen LogP contribution in [0, 0.1) is 0 Å². The average molecular weight is 425 g/mol. The van der Waals surface area contributed by atoms with Crippen LogP contribution in [0.3, 0.4) is 0 Å². The van der Waals surface area contributed by atoms with Crippen molar-refractivity contribution in [2.75, 3.05) is 17.7 Å². The highest BCUT2D eigenvalue weighted by Gasteiger charge is 2.31. The Hall–Kier alpha value is -1.28. The molecule has 0 unspecified atom stereocenters. The number of hydrogen-bond donors (Lipinski definition) is 2. The second-order valence-corrected chi connectivity index (χ2v) is 5.89. The highest BCUT2D eigenvalue weighted by atomic mass is 79.9. The van der Waals surface area contributed by atoms with E-state index in [2.05, 4.69) is 47.5 Å². The summed E-state index contributed by atoms with van der Waals surface area (Å²) in [6.07, 6.45) is -4.43. The first kappa shape index (κ1) is 16.1. The van der Waals surface area contributed by atoms with E-state index in [4.69, 9.17) is 0 Å². The predicted octanol–water partition coefficient (Wildman–Crippen LogP) is 5.41. The fourth-order valence-electron chi connectivity index (χ4n) is 1.62. The molecule has 3 nitrogen and oxygen atoms in total. The molecule has 2 N–H and O–H groups in total. The second kappa shape index (κ2) is 6.23. The lowest BCUT2D eigenvalue weighted by atomic mass is 10.2. The van der Waals surface area contributed by atoms with Gasteiger partial charge in [-0.3, -0.25) is 0 Å². The summed E-state index contributed by atoms with van der Waals surface area (Å²) in [7, 11) is 1.52. The SMILES string of the molecule is CNc1cc(C(F)(F)F)cc(Nc2cc(Br)ccc2Br)n1. The van der Waals surface area contributed by atoms with Crippen LogP contribution in [0.25, 0.3) is 0 Å². The van der Waals surface area contributed by atoms with Gasteiger partial charge in [0.25, 0.3) is 0 Å². The Labute approximate surface area is 136 Å². The molecule has 0 bridgehead atoms. The Bertz CT molecular complexity index is 660. The molecule has 0 atom stereocenters. The summed E-state index contributed by atoms with van der Waals surface area (Å²) >= 11 is 6.64. The summed E-state index contributed by atoms with van der Waals surface area (Å²) in [4.78, 5) is 4.07. The van der Waals surface area contributed by atoms with Gasteiger partial charge in [0.2, 0.25) is 0 Å². The van der Waals surface area contributed by atoms with Crippen molar-refractivity contribution in [3.8, 4) is 0 Å². The molecule has 8 heteroatoms. The number of pyridine rings is 1. The molecule has 0 fully saturated rings. The quantitative estimate of drug-likeness (QED) is 0.691. The van der Waals surface area contributed by atoms with Crippen LogP contribution in [0.4, 0.5) is 30.5 Å². The molecule has 2 aromatic rings. The molecule has 0 aliphatic heterocycles. The first-order valence-corrected chi connectivity index (χ1v) is 7.37. The maximum atomic E-state index is 12.9. The standard InChI is InChI=1S/C13H10Br2F3N3/c1-19-11-4-7(13(16,17)18)5-12(21-11)20-10-6-8(14)2-3-9(10)15/h2-6H,1H3,(H2,19,20,21). The molecule has 0 saturated heterocycles. The third-order valence-electron chi connectivity index (χ3n) is 2.60.